The average molecular weight is 294 g/mol. The molecule has 0 bridgehead atoms. The summed E-state index contributed by atoms with van der Waals surface area (Å²) in [7, 11) is 0. The summed E-state index contributed by atoms with van der Waals surface area (Å²) in [5.41, 5.74) is 4.08. The Hall–Kier alpha value is -2.40. The predicted octanol–water partition coefficient (Wildman–Crippen LogP) is 2.85. The summed E-state index contributed by atoms with van der Waals surface area (Å²) < 4.78 is 5.56. The maximum atomic E-state index is 5.56. The minimum Gasteiger partial charge on any atom is -0.377 e. The summed E-state index contributed by atoms with van der Waals surface area (Å²) in [6.45, 7) is 4.59. The highest BCUT2D eigenvalue weighted by molar-refractivity contribution is 6.00. The molecule has 0 saturated carbocycles. The van der Waals surface area contributed by atoms with Crippen molar-refractivity contribution in [1.82, 2.24) is 15.2 Å². The first kappa shape index (κ1) is 13.3. The third-order valence-corrected chi connectivity index (χ3v) is 4.17. The molecule has 0 unspecified atom stereocenters. The summed E-state index contributed by atoms with van der Waals surface area (Å²) in [4.78, 5) is 6.79. The van der Waals surface area contributed by atoms with Crippen LogP contribution in [0.5, 0.6) is 0 Å². The molecule has 0 radical (unpaired) electrons. The van der Waals surface area contributed by atoms with Gasteiger partial charge in [-0.1, -0.05) is 30.3 Å². The molecule has 0 aliphatic carbocycles. The van der Waals surface area contributed by atoms with E-state index in [2.05, 4.69) is 45.2 Å². The van der Waals surface area contributed by atoms with E-state index in [1.165, 1.54) is 5.69 Å². The van der Waals surface area contributed by atoms with Crippen molar-refractivity contribution in [2.75, 3.05) is 24.7 Å². The van der Waals surface area contributed by atoms with Gasteiger partial charge < -0.3 is 9.64 Å². The van der Waals surface area contributed by atoms with Gasteiger partial charge in [-0.3, -0.25) is 5.10 Å². The van der Waals surface area contributed by atoms with E-state index in [4.69, 9.17) is 4.74 Å². The van der Waals surface area contributed by atoms with Crippen LogP contribution in [0, 0.1) is 0 Å². The molecule has 1 aliphatic heterocycles. The zero-order valence-electron chi connectivity index (χ0n) is 12.5. The van der Waals surface area contributed by atoms with Gasteiger partial charge in [0.2, 0.25) is 0 Å². The number of nitrogens with zero attached hydrogens (tertiary/aromatic N) is 3. The van der Waals surface area contributed by atoms with Crippen LogP contribution >= 0.6 is 0 Å². The SMILES string of the molecule is C[C@@H]1COCCN1c1ccnc2n[nH]c(-c3ccccc3)c12. The van der Waals surface area contributed by atoms with Crippen LogP contribution in [-0.2, 0) is 4.74 Å². The fraction of sp³-hybridized carbons (Fsp3) is 0.294. The number of nitrogens with one attached hydrogen (secondary N) is 1. The number of anilines is 1. The Bertz CT molecular complexity index is 784. The number of H-pyrrole nitrogens is 1. The van der Waals surface area contributed by atoms with Gasteiger partial charge in [0.1, 0.15) is 0 Å². The number of rotatable bonds is 2. The molecular weight excluding hydrogens is 276 g/mol. The van der Waals surface area contributed by atoms with E-state index in [0.29, 0.717) is 6.04 Å². The van der Waals surface area contributed by atoms with Crippen LogP contribution in [0.2, 0.25) is 0 Å². The lowest BCUT2D eigenvalue weighted by molar-refractivity contribution is 0.0991. The molecule has 112 valence electrons. The molecule has 22 heavy (non-hydrogen) atoms. The van der Waals surface area contributed by atoms with Crippen molar-refractivity contribution in [3.05, 3.63) is 42.6 Å². The predicted molar refractivity (Wildman–Crippen MR) is 87.0 cm³/mol. The highest BCUT2D eigenvalue weighted by Gasteiger charge is 2.23. The van der Waals surface area contributed by atoms with Gasteiger partial charge in [-0.15, -0.1) is 0 Å². The van der Waals surface area contributed by atoms with E-state index in [9.17, 15) is 0 Å². The third kappa shape index (κ3) is 2.14. The third-order valence-electron chi connectivity index (χ3n) is 4.17. The fourth-order valence-corrected chi connectivity index (χ4v) is 3.07. The highest BCUT2D eigenvalue weighted by Crippen LogP contribution is 2.34. The molecule has 1 N–H and O–H groups in total. The van der Waals surface area contributed by atoms with Crippen molar-refractivity contribution < 1.29 is 4.74 Å². The Morgan fingerprint density at radius 1 is 1.23 bits per heavy atom. The van der Waals surface area contributed by atoms with Crippen LogP contribution in [-0.4, -0.2) is 41.0 Å². The standard InChI is InChI=1S/C17H18N4O/c1-12-11-22-10-9-21(12)14-7-8-18-17-15(14)16(19-20-17)13-5-3-2-4-6-13/h2-8,12H,9-11H2,1H3,(H,18,19,20)/t12-/m1/s1. The maximum absolute atomic E-state index is 5.56. The maximum Gasteiger partial charge on any atom is 0.183 e. The molecule has 4 rings (SSSR count). The van der Waals surface area contributed by atoms with Gasteiger partial charge >= 0.3 is 0 Å². The molecule has 1 aromatic carbocycles. The van der Waals surface area contributed by atoms with Crippen LogP contribution < -0.4 is 4.90 Å². The Labute approximate surface area is 128 Å². The van der Waals surface area contributed by atoms with Gasteiger partial charge in [-0.05, 0) is 13.0 Å². The summed E-state index contributed by atoms with van der Waals surface area (Å²) in [6, 6.07) is 12.7. The molecule has 5 heteroatoms. The molecule has 1 atom stereocenters. The van der Waals surface area contributed by atoms with Crippen LogP contribution in [0.1, 0.15) is 6.92 Å². The number of aromatic amines is 1. The zero-order valence-corrected chi connectivity index (χ0v) is 12.5. The Morgan fingerprint density at radius 2 is 2.09 bits per heavy atom. The van der Waals surface area contributed by atoms with Gasteiger partial charge in [-0.2, -0.15) is 5.10 Å². The average Bonchev–Trinajstić information content (AvgIpc) is 3.00. The van der Waals surface area contributed by atoms with E-state index in [1.807, 2.05) is 24.4 Å². The van der Waals surface area contributed by atoms with E-state index < -0.39 is 0 Å². The van der Waals surface area contributed by atoms with Crippen molar-refractivity contribution in [2.24, 2.45) is 0 Å². The van der Waals surface area contributed by atoms with Crippen molar-refractivity contribution in [1.29, 1.82) is 0 Å². The lowest BCUT2D eigenvalue weighted by Gasteiger charge is -2.35. The second kappa shape index (κ2) is 5.42. The molecule has 0 amide bonds. The Morgan fingerprint density at radius 3 is 2.91 bits per heavy atom. The zero-order chi connectivity index (χ0) is 14.9. The molecule has 3 heterocycles. The van der Waals surface area contributed by atoms with Gasteiger partial charge in [0.05, 0.1) is 30.0 Å². The molecule has 1 fully saturated rings. The largest absolute Gasteiger partial charge is 0.377 e. The van der Waals surface area contributed by atoms with Gasteiger partial charge in [-0.25, -0.2) is 4.98 Å². The lowest BCUT2D eigenvalue weighted by atomic mass is 10.1. The number of hydrogen-bond donors (Lipinski definition) is 1. The molecular formula is C17H18N4O. The Balaban J connectivity index is 1.90. The number of benzene rings is 1. The summed E-state index contributed by atoms with van der Waals surface area (Å²) in [5, 5.41) is 8.62. The quantitative estimate of drug-likeness (QED) is 0.789. The Kier molecular flexibility index (Phi) is 3.27. The fourth-order valence-electron chi connectivity index (χ4n) is 3.07. The first-order chi connectivity index (χ1) is 10.8. The smallest absolute Gasteiger partial charge is 0.183 e. The first-order valence-electron chi connectivity index (χ1n) is 7.57. The van der Waals surface area contributed by atoms with Gasteiger partial charge in [0.25, 0.3) is 0 Å². The van der Waals surface area contributed by atoms with Gasteiger partial charge in [0.15, 0.2) is 5.65 Å². The summed E-state index contributed by atoms with van der Waals surface area (Å²) >= 11 is 0. The molecule has 3 aromatic rings. The molecule has 2 aromatic heterocycles. The first-order valence-corrected chi connectivity index (χ1v) is 7.57. The number of pyridine rings is 1. The normalized spacial score (nSPS) is 18.8. The minimum atomic E-state index is 0.345. The topological polar surface area (TPSA) is 54.0 Å². The van der Waals surface area contributed by atoms with Crippen LogP contribution in [0.25, 0.3) is 22.3 Å². The molecule has 1 aliphatic rings. The second-order valence-corrected chi connectivity index (χ2v) is 5.61. The van der Waals surface area contributed by atoms with Crippen molar-refractivity contribution in [3.63, 3.8) is 0 Å². The van der Waals surface area contributed by atoms with Crippen molar-refractivity contribution >= 4 is 16.7 Å². The molecule has 5 nitrogen and oxygen atoms in total. The van der Waals surface area contributed by atoms with Gasteiger partial charge in [0, 0.05) is 24.3 Å². The van der Waals surface area contributed by atoms with E-state index in [0.717, 1.165) is 42.0 Å². The number of aromatic nitrogens is 3. The van der Waals surface area contributed by atoms with E-state index in [1.54, 1.807) is 0 Å². The molecule has 1 saturated heterocycles. The van der Waals surface area contributed by atoms with Crippen molar-refractivity contribution in [2.45, 2.75) is 13.0 Å². The minimum absolute atomic E-state index is 0.345. The lowest BCUT2D eigenvalue weighted by Crippen LogP contribution is -2.43. The second-order valence-electron chi connectivity index (χ2n) is 5.61. The monoisotopic (exact) mass is 294 g/mol. The van der Waals surface area contributed by atoms with Crippen LogP contribution in [0.4, 0.5) is 5.69 Å². The van der Waals surface area contributed by atoms with E-state index in [-0.39, 0.29) is 0 Å². The number of morpholine rings is 1. The van der Waals surface area contributed by atoms with Crippen LogP contribution in [0.3, 0.4) is 0 Å². The number of ether oxygens (including phenoxy) is 1. The van der Waals surface area contributed by atoms with Crippen molar-refractivity contribution in [3.8, 4) is 11.3 Å². The highest BCUT2D eigenvalue weighted by atomic mass is 16.5. The van der Waals surface area contributed by atoms with E-state index >= 15 is 0 Å². The molecule has 0 spiro atoms. The number of hydrogen-bond acceptors (Lipinski definition) is 4. The number of fused-ring (bicyclic) bond motifs is 1. The summed E-state index contributed by atoms with van der Waals surface area (Å²) in [5.74, 6) is 0. The van der Waals surface area contributed by atoms with Crippen LogP contribution in [0.15, 0.2) is 42.6 Å². The summed E-state index contributed by atoms with van der Waals surface area (Å²) in [6.07, 6.45) is 1.83.